The molecular weight excluding hydrogens is 355 g/mol. The SMILES string of the molecule is COc1ccc(N2CC3(CN(C(=O)Cc4c(F)cccc4Cl)C3)C2)cc1. The molecule has 2 aromatic carbocycles. The normalized spacial score (nSPS) is 17.7. The lowest BCUT2D eigenvalue weighted by molar-refractivity contribution is -0.144. The fourth-order valence-corrected chi connectivity index (χ4v) is 4.07. The third-order valence-electron chi connectivity index (χ3n) is 5.29. The van der Waals surface area contributed by atoms with Crippen LogP contribution < -0.4 is 9.64 Å². The van der Waals surface area contributed by atoms with Crippen LogP contribution in [-0.2, 0) is 11.2 Å². The molecule has 2 fully saturated rings. The topological polar surface area (TPSA) is 32.8 Å². The Labute approximate surface area is 157 Å². The van der Waals surface area contributed by atoms with Crippen LogP contribution in [0, 0.1) is 11.2 Å². The van der Waals surface area contributed by atoms with Gasteiger partial charge in [-0.2, -0.15) is 0 Å². The molecule has 0 bridgehead atoms. The highest BCUT2D eigenvalue weighted by atomic mass is 35.5. The number of likely N-dealkylation sites (tertiary alicyclic amines) is 1. The van der Waals surface area contributed by atoms with Gasteiger partial charge in [0.15, 0.2) is 0 Å². The van der Waals surface area contributed by atoms with Crippen LogP contribution in [0.25, 0.3) is 0 Å². The van der Waals surface area contributed by atoms with Gasteiger partial charge in [-0.3, -0.25) is 4.79 Å². The van der Waals surface area contributed by atoms with E-state index >= 15 is 0 Å². The number of amides is 1. The molecule has 136 valence electrons. The van der Waals surface area contributed by atoms with Gasteiger partial charge in [-0.05, 0) is 36.4 Å². The van der Waals surface area contributed by atoms with E-state index in [-0.39, 0.29) is 23.3 Å². The van der Waals surface area contributed by atoms with Crippen LogP contribution in [0.4, 0.5) is 10.1 Å². The molecule has 2 aliphatic rings. The van der Waals surface area contributed by atoms with Crippen molar-refractivity contribution < 1.29 is 13.9 Å². The van der Waals surface area contributed by atoms with Gasteiger partial charge < -0.3 is 14.5 Å². The van der Waals surface area contributed by atoms with Gasteiger partial charge in [0, 0.05) is 47.9 Å². The lowest BCUT2D eigenvalue weighted by Crippen LogP contribution is -2.73. The third-order valence-corrected chi connectivity index (χ3v) is 5.64. The summed E-state index contributed by atoms with van der Waals surface area (Å²) in [4.78, 5) is 16.5. The molecule has 1 spiro atoms. The number of nitrogens with zero attached hydrogens (tertiary/aromatic N) is 2. The average molecular weight is 375 g/mol. The molecule has 0 saturated carbocycles. The zero-order valence-electron chi connectivity index (χ0n) is 14.5. The highest BCUT2D eigenvalue weighted by Gasteiger charge is 2.53. The van der Waals surface area contributed by atoms with Crippen molar-refractivity contribution in [2.24, 2.45) is 5.41 Å². The van der Waals surface area contributed by atoms with E-state index in [2.05, 4.69) is 4.90 Å². The molecule has 2 aliphatic heterocycles. The van der Waals surface area contributed by atoms with Crippen molar-refractivity contribution >= 4 is 23.2 Å². The van der Waals surface area contributed by atoms with Crippen LogP contribution in [0.15, 0.2) is 42.5 Å². The van der Waals surface area contributed by atoms with Crippen LogP contribution in [0.3, 0.4) is 0 Å². The molecule has 0 atom stereocenters. The van der Waals surface area contributed by atoms with Crippen LogP contribution in [0.2, 0.25) is 5.02 Å². The fourth-order valence-electron chi connectivity index (χ4n) is 3.84. The molecule has 26 heavy (non-hydrogen) atoms. The van der Waals surface area contributed by atoms with Gasteiger partial charge in [-0.25, -0.2) is 4.39 Å². The van der Waals surface area contributed by atoms with Gasteiger partial charge in [0.1, 0.15) is 11.6 Å². The maximum absolute atomic E-state index is 13.8. The third kappa shape index (κ3) is 3.01. The molecule has 6 heteroatoms. The van der Waals surface area contributed by atoms with Crippen molar-refractivity contribution in [1.29, 1.82) is 0 Å². The zero-order valence-corrected chi connectivity index (χ0v) is 15.3. The second-order valence-corrected chi connectivity index (χ2v) is 7.59. The summed E-state index contributed by atoms with van der Waals surface area (Å²) in [7, 11) is 1.65. The Hall–Kier alpha value is -2.27. The van der Waals surface area contributed by atoms with Crippen LogP contribution in [0.1, 0.15) is 5.56 Å². The quantitative estimate of drug-likeness (QED) is 0.822. The summed E-state index contributed by atoms with van der Waals surface area (Å²) in [6.07, 6.45) is 0.0176. The Bertz CT molecular complexity index is 806. The van der Waals surface area contributed by atoms with E-state index in [0.29, 0.717) is 5.02 Å². The lowest BCUT2D eigenvalue weighted by atomic mass is 9.72. The number of carbonyl (C=O) groups excluding carboxylic acids is 1. The van der Waals surface area contributed by atoms with Crippen molar-refractivity contribution in [3.05, 3.63) is 58.9 Å². The molecule has 1 amide bonds. The standard InChI is InChI=1S/C20H20ClFN2O2/c1-26-15-7-5-14(6-8-15)23-10-20(11-23)12-24(13-20)19(25)9-16-17(21)3-2-4-18(16)22/h2-8H,9-13H2,1H3. The summed E-state index contributed by atoms with van der Waals surface area (Å²) in [6, 6.07) is 12.5. The molecular formula is C20H20ClFN2O2. The summed E-state index contributed by atoms with van der Waals surface area (Å²) < 4.78 is 19.0. The highest BCUT2D eigenvalue weighted by molar-refractivity contribution is 6.31. The first-order valence-corrected chi connectivity index (χ1v) is 8.97. The Kier molecular flexibility index (Phi) is 4.27. The number of carbonyl (C=O) groups is 1. The van der Waals surface area contributed by atoms with Crippen molar-refractivity contribution in [2.45, 2.75) is 6.42 Å². The van der Waals surface area contributed by atoms with Crippen LogP contribution >= 0.6 is 11.6 Å². The first-order valence-electron chi connectivity index (χ1n) is 8.59. The minimum atomic E-state index is -0.421. The molecule has 2 saturated heterocycles. The predicted molar refractivity (Wildman–Crippen MR) is 99.3 cm³/mol. The van der Waals surface area contributed by atoms with E-state index in [1.165, 1.54) is 11.8 Å². The first-order chi connectivity index (χ1) is 12.5. The number of hydrogen-bond donors (Lipinski definition) is 0. The van der Waals surface area contributed by atoms with Gasteiger partial charge in [0.05, 0.1) is 13.5 Å². The minimum Gasteiger partial charge on any atom is -0.497 e. The fraction of sp³-hybridized carbons (Fsp3) is 0.350. The van der Waals surface area contributed by atoms with Crippen molar-refractivity contribution in [3.63, 3.8) is 0 Å². The van der Waals surface area contributed by atoms with E-state index < -0.39 is 5.82 Å². The van der Waals surface area contributed by atoms with Gasteiger partial charge in [-0.1, -0.05) is 17.7 Å². The highest BCUT2D eigenvalue weighted by Crippen LogP contribution is 2.42. The summed E-state index contributed by atoms with van der Waals surface area (Å²) in [5, 5.41) is 0.308. The number of anilines is 1. The summed E-state index contributed by atoms with van der Waals surface area (Å²) in [6.45, 7) is 3.32. The van der Waals surface area contributed by atoms with Crippen molar-refractivity contribution in [1.82, 2.24) is 4.90 Å². The number of halogens is 2. The first kappa shape index (κ1) is 17.2. The molecule has 2 heterocycles. The van der Waals surface area contributed by atoms with Gasteiger partial charge in [0.25, 0.3) is 0 Å². The van der Waals surface area contributed by atoms with Gasteiger partial charge in [0.2, 0.25) is 5.91 Å². The zero-order chi connectivity index (χ0) is 18.3. The second kappa shape index (κ2) is 6.47. The molecule has 0 unspecified atom stereocenters. The van der Waals surface area contributed by atoms with Crippen molar-refractivity contribution in [3.8, 4) is 5.75 Å². The van der Waals surface area contributed by atoms with Gasteiger partial charge in [-0.15, -0.1) is 0 Å². The second-order valence-electron chi connectivity index (χ2n) is 7.18. The molecule has 0 aromatic heterocycles. The summed E-state index contributed by atoms with van der Waals surface area (Å²) >= 11 is 6.02. The van der Waals surface area contributed by atoms with Gasteiger partial charge >= 0.3 is 0 Å². The number of methoxy groups -OCH3 is 1. The van der Waals surface area contributed by atoms with E-state index in [1.807, 2.05) is 24.3 Å². The maximum Gasteiger partial charge on any atom is 0.227 e. The Balaban J connectivity index is 1.31. The lowest BCUT2D eigenvalue weighted by Gasteiger charge is -2.61. The molecule has 4 rings (SSSR count). The van der Waals surface area contributed by atoms with E-state index in [0.717, 1.165) is 31.9 Å². The summed E-state index contributed by atoms with van der Waals surface area (Å²) in [5.74, 6) is 0.358. The van der Waals surface area contributed by atoms with Crippen LogP contribution in [-0.4, -0.2) is 44.1 Å². The predicted octanol–water partition coefficient (Wildman–Crippen LogP) is 3.38. The van der Waals surface area contributed by atoms with Crippen LogP contribution in [0.5, 0.6) is 5.75 Å². The van der Waals surface area contributed by atoms with E-state index in [9.17, 15) is 9.18 Å². The number of benzene rings is 2. The maximum atomic E-state index is 13.8. The smallest absolute Gasteiger partial charge is 0.227 e. The molecule has 0 radical (unpaired) electrons. The Morgan fingerprint density at radius 2 is 1.85 bits per heavy atom. The number of rotatable bonds is 4. The Morgan fingerprint density at radius 3 is 2.46 bits per heavy atom. The largest absolute Gasteiger partial charge is 0.497 e. The molecule has 2 aromatic rings. The summed E-state index contributed by atoms with van der Waals surface area (Å²) in [5.41, 5.74) is 1.63. The number of hydrogen-bond acceptors (Lipinski definition) is 3. The van der Waals surface area contributed by atoms with E-state index in [4.69, 9.17) is 16.3 Å². The molecule has 4 nitrogen and oxygen atoms in total. The van der Waals surface area contributed by atoms with E-state index in [1.54, 1.807) is 24.1 Å². The van der Waals surface area contributed by atoms with Crippen molar-refractivity contribution in [2.75, 3.05) is 38.2 Å². The number of ether oxygens (including phenoxy) is 1. The molecule has 0 aliphatic carbocycles. The minimum absolute atomic E-state index is 0.0176. The molecule has 0 N–H and O–H groups in total. The Morgan fingerprint density at radius 1 is 1.15 bits per heavy atom. The average Bonchev–Trinajstić information content (AvgIpc) is 2.56. The monoisotopic (exact) mass is 374 g/mol.